The summed E-state index contributed by atoms with van der Waals surface area (Å²) in [5.41, 5.74) is 2.04. The monoisotopic (exact) mass is 394 g/mol. The highest BCUT2D eigenvalue weighted by Gasteiger charge is 2.22. The first-order valence-electron chi connectivity index (χ1n) is 9.48. The van der Waals surface area contributed by atoms with E-state index in [4.69, 9.17) is 4.74 Å². The summed E-state index contributed by atoms with van der Waals surface area (Å²) in [6.07, 6.45) is 1.74. The number of benzene rings is 2. The maximum atomic E-state index is 12.2. The number of ether oxygens (including phenoxy) is 1. The van der Waals surface area contributed by atoms with Crippen LogP contribution in [-0.4, -0.2) is 36.7 Å². The number of Topliss-reactive ketones (excluding diaryl/α,β-unsaturated/α-hetero) is 1. The molecule has 1 aliphatic rings. The molecule has 1 heterocycles. The van der Waals surface area contributed by atoms with Crippen molar-refractivity contribution in [2.75, 3.05) is 23.4 Å². The lowest BCUT2D eigenvalue weighted by Crippen LogP contribution is -2.23. The molecule has 0 unspecified atom stereocenters. The number of ketones is 1. The number of amides is 2. The van der Waals surface area contributed by atoms with E-state index in [2.05, 4.69) is 5.32 Å². The Labute approximate surface area is 168 Å². The van der Waals surface area contributed by atoms with Crippen molar-refractivity contribution < 1.29 is 23.9 Å². The molecular formula is C22H22N2O5. The van der Waals surface area contributed by atoms with Gasteiger partial charge in [-0.3, -0.25) is 14.4 Å². The third kappa shape index (κ3) is 5.07. The molecule has 7 heteroatoms. The van der Waals surface area contributed by atoms with Crippen LogP contribution < -0.4 is 10.2 Å². The molecule has 2 aromatic rings. The normalized spacial score (nSPS) is 13.3. The first-order valence-corrected chi connectivity index (χ1v) is 9.48. The van der Waals surface area contributed by atoms with Gasteiger partial charge in [0, 0.05) is 36.3 Å². The summed E-state index contributed by atoms with van der Waals surface area (Å²) in [6, 6.07) is 13.0. The van der Waals surface area contributed by atoms with Gasteiger partial charge in [0.2, 0.25) is 11.8 Å². The highest BCUT2D eigenvalue weighted by Crippen LogP contribution is 2.22. The van der Waals surface area contributed by atoms with E-state index in [1.807, 2.05) is 0 Å². The number of carbonyl (C=O) groups is 4. The average molecular weight is 394 g/mol. The Morgan fingerprint density at radius 2 is 1.66 bits per heavy atom. The van der Waals surface area contributed by atoms with Crippen LogP contribution in [0.2, 0.25) is 0 Å². The van der Waals surface area contributed by atoms with Crippen LogP contribution in [0.3, 0.4) is 0 Å². The van der Waals surface area contributed by atoms with Crippen LogP contribution in [0.25, 0.3) is 0 Å². The summed E-state index contributed by atoms with van der Waals surface area (Å²) in [5, 5.41) is 2.70. The van der Waals surface area contributed by atoms with Crippen molar-refractivity contribution in [1.29, 1.82) is 0 Å². The molecule has 0 saturated carbocycles. The van der Waals surface area contributed by atoms with Crippen LogP contribution in [-0.2, 0) is 14.3 Å². The second-order valence-electron chi connectivity index (χ2n) is 6.67. The van der Waals surface area contributed by atoms with Crippen molar-refractivity contribution in [3.8, 4) is 0 Å². The molecule has 0 spiro atoms. The predicted molar refractivity (Wildman–Crippen MR) is 108 cm³/mol. The summed E-state index contributed by atoms with van der Waals surface area (Å²) in [4.78, 5) is 49.2. The van der Waals surface area contributed by atoms with Crippen molar-refractivity contribution in [2.45, 2.75) is 26.2 Å². The first-order chi connectivity index (χ1) is 14.0. The third-order valence-electron chi connectivity index (χ3n) is 4.63. The van der Waals surface area contributed by atoms with Gasteiger partial charge in [-0.15, -0.1) is 0 Å². The van der Waals surface area contributed by atoms with E-state index in [9.17, 15) is 19.2 Å². The van der Waals surface area contributed by atoms with Crippen LogP contribution >= 0.6 is 0 Å². The lowest BCUT2D eigenvalue weighted by molar-refractivity contribution is -0.117. The highest BCUT2D eigenvalue weighted by molar-refractivity contribution is 6.00. The molecule has 2 aromatic carbocycles. The zero-order valence-corrected chi connectivity index (χ0v) is 16.1. The minimum Gasteiger partial charge on any atom is -0.454 e. The van der Waals surface area contributed by atoms with Crippen LogP contribution in [0, 0.1) is 0 Å². The fraction of sp³-hybridized carbons (Fsp3) is 0.273. The molecule has 2 amide bonds. The van der Waals surface area contributed by atoms with Crippen LogP contribution in [0.4, 0.5) is 11.4 Å². The Morgan fingerprint density at radius 3 is 2.24 bits per heavy atom. The number of esters is 1. The number of hydrogen-bond donors (Lipinski definition) is 1. The fourth-order valence-electron chi connectivity index (χ4n) is 2.99. The van der Waals surface area contributed by atoms with Crippen molar-refractivity contribution in [2.24, 2.45) is 0 Å². The Hall–Kier alpha value is -3.48. The molecule has 1 saturated heterocycles. The molecule has 0 aliphatic carbocycles. The molecule has 0 atom stereocenters. The lowest BCUT2D eigenvalue weighted by atomic mass is 10.1. The molecule has 0 radical (unpaired) electrons. The van der Waals surface area contributed by atoms with Crippen LogP contribution in [0.1, 0.15) is 46.9 Å². The summed E-state index contributed by atoms with van der Waals surface area (Å²) in [7, 11) is 0. The van der Waals surface area contributed by atoms with Gasteiger partial charge in [0.1, 0.15) is 0 Å². The third-order valence-corrected chi connectivity index (χ3v) is 4.63. The molecular weight excluding hydrogens is 372 g/mol. The van der Waals surface area contributed by atoms with Gasteiger partial charge in [0.05, 0.1) is 5.56 Å². The zero-order valence-electron chi connectivity index (χ0n) is 16.1. The maximum absolute atomic E-state index is 12.2. The SMILES string of the molecule is CCC(=O)Nc1ccc(C(=O)COC(=O)c2ccc(N3CCCC3=O)cc2)cc1. The number of nitrogens with zero attached hydrogens (tertiary/aromatic N) is 1. The van der Waals surface area contributed by atoms with E-state index >= 15 is 0 Å². The molecule has 0 aromatic heterocycles. The Balaban J connectivity index is 1.54. The van der Waals surface area contributed by atoms with Crippen molar-refractivity contribution in [3.05, 3.63) is 59.7 Å². The van der Waals surface area contributed by atoms with Gasteiger partial charge in [-0.25, -0.2) is 4.79 Å². The van der Waals surface area contributed by atoms with E-state index in [0.717, 1.165) is 12.1 Å². The van der Waals surface area contributed by atoms with Crippen molar-refractivity contribution in [3.63, 3.8) is 0 Å². The second kappa shape index (κ2) is 9.14. The Morgan fingerprint density at radius 1 is 1.00 bits per heavy atom. The minimum absolute atomic E-state index is 0.0752. The van der Waals surface area contributed by atoms with E-state index in [1.165, 1.54) is 0 Å². The first kappa shape index (κ1) is 20.3. The predicted octanol–water partition coefficient (Wildman–Crippen LogP) is 3.20. The van der Waals surface area contributed by atoms with Gasteiger partial charge in [0.25, 0.3) is 0 Å². The second-order valence-corrected chi connectivity index (χ2v) is 6.67. The van der Waals surface area contributed by atoms with Gasteiger partial charge in [0.15, 0.2) is 12.4 Å². The minimum atomic E-state index is -0.607. The van der Waals surface area contributed by atoms with Gasteiger partial charge < -0.3 is 15.0 Å². The lowest BCUT2D eigenvalue weighted by Gasteiger charge is -2.15. The fourth-order valence-corrected chi connectivity index (χ4v) is 2.99. The van der Waals surface area contributed by atoms with E-state index < -0.39 is 5.97 Å². The zero-order chi connectivity index (χ0) is 20.8. The average Bonchev–Trinajstić information content (AvgIpc) is 3.18. The number of nitrogens with one attached hydrogen (secondary N) is 1. The Kier molecular flexibility index (Phi) is 6.39. The van der Waals surface area contributed by atoms with Gasteiger partial charge >= 0.3 is 5.97 Å². The Bertz CT molecular complexity index is 919. The van der Waals surface area contributed by atoms with E-state index in [1.54, 1.807) is 60.4 Å². The van der Waals surface area contributed by atoms with E-state index in [-0.39, 0.29) is 24.2 Å². The summed E-state index contributed by atoms with van der Waals surface area (Å²) >= 11 is 0. The molecule has 1 N–H and O–H groups in total. The topological polar surface area (TPSA) is 92.8 Å². The number of carbonyl (C=O) groups excluding carboxylic acids is 4. The van der Waals surface area contributed by atoms with Crippen molar-refractivity contribution >= 4 is 34.9 Å². The van der Waals surface area contributed by atoms with Gasteiger partial charge in [-0.1, -0.05) is 6.92 Å². The molecule has 29 heavy (non-hydrogen) atoms. The quantitative estimate of drug-likeness (QED) is 0.575. The van der Waals surface area contributed by atoms with Gasteiger partial charge in [-0.05, 0) is 55.0 Å². The molecule has 1 aliphatic heterocycles. The largest absolute Gasteiger partial charge is 0.454 e. The smallest absolute Gasteiger partial charge is 0.338 e. The summed E-state index contributed by atoms with van der Waals surface area (Å²) in [5.74, 6) is -0.986. The summed E-state index contributed by atoms with van der Waals surface area (Å²) in [6.45, 7) is 2.05. The van der Waals surface area contributed by atoms with Crippen molar-refractivity contribution in [1.82, 2.24) is 0 Å². The molecule has 150 valence electrons. The van der Waals surface area contributed by atoms with Crippen LogP contribution in [0.5, 0.6) is 0 Å². The molecule has 3 rings (SSSR count). The molecule has 1 fully saturated rings. The highest BCUT2D eigenvalue weighted by atomic mass is 16.5. The van der Waals surface area contributed by atoms with Gasteiger partial charge in [-0.2, -0.15) is 0 Å². The van der Waals surface area contributed by atoms with E-state index in [0.29, 0.717) is 36.2 Å². The molecule has 0 bridgehead atoms. The maximum Gasteiger partial charge on any atom is 0.338 e. The number of anilines is 2. The molecule has 7 nitrogen and oxygen atoms in total. The number of hydrogen-bond acceptors (Lipinski definition) is 5. The number of rotatable bonds is 7. The summed E-state index contributed by atoms with van der Waals surface area (Å²) < 4.78 is 5.10. The standard InChI is InChI=1S/C22H22N2O5/c1-2-20(26)23-17-9-5-15(6-10-17)19(25)14-29-22(28)16-7-11-18(12-8-16)24-13-3-4-21(24)27/h5-12H,2-4,13-14H2,1H3,(H,23,26). The van der Waals surface area contributed by atoms with Crippen LogP contribution in [0.15, 0.2) is 48.5 Å².